The molecular weight excluding hydrogens is 333 g/mol. The number of sulfonamides is 1. The molecule has 0 unspecified atom stereocenters. The van der Waals surface area contributed by atoms with E-state index in [9.17, 15) is 17.6 Å². The van der Waals surface area contributed by atoms with E-state index < -0.39 is 15.8 Å². The Bertz CT molecular complexity index is 753. The van der Waals surface area contributed by atoms with E-state index in [-0.39, 0.29) is 17.3 Å². The number of nitrogens with zero attached hydrogens (tertiary/aromatic N) is 2. The first-order chi connectivity index (χ1) is 11.3. The quantitative estimate of drug-likeness (QED) is 0.858. The molecule has 0 saturated carbocycles. The van der Waals surface area contributed by atoms with Crippen molar-refractivity contribution >= 4 is 15.9 Å². The number of carbonyl (C=O) groups excluding carboxylic acids is 1. The van der Waals surface area contributed by atoms with Crippen molar-refractivity contribution in [3.8, 4) is 0 Å². The van der Waals surface area contributed by atoms with Gasteiger partial charge in [0.25, 0.3) is 0 Å². The second-order valence-corrected chi connectivity index (χ2v) is 8.37. The van der Waals surface area contributed by atoms with E-state index in [2.05, 4.69) is 16.7 Å². The number of hydrogen-bond acceptors (Lipinski definition) is 4. The molecule has 2 atom stereocenters. The number of hydrogen-bond donors (Lipinski definition) is 1. The number of benzene rings is 1. The lowest BCUT2D eigenvalue weighted by Gasteiger charge is -2.21. The molecule has 0 bridgehead atoms. The highest BCUT2D eigenvalue weighted by Crippen LogP contribution is 2.30. The van der Waals surface area contributed by atoms with E-state index >= 15 is 0 Å². The van der Waals surface area contributed by atoms with Gasteiger partial charge < -0.3 is 9.80 Å². The molecule has 0 spiro atoms. The molecule has 3 rings (SSSR count). The molecule has 2 aliphatic rings. The summed E-state index contributed by atoms with van der Waals surface area (Å²) in [6.07, 6.45) is 1.07. The summed E-state index contributed by atoms with van der Waals surface area (Å²) < 4.78 is 40.1. The van der Waals surface area contributed by atoms with Crippen LogP contribution in [0.2, 0.25) is 0 Å². The lowest BCUT2D eigenvalue weighted by Crippen LogP contribution is -2.41. The van der Waals surface area contributed by atoms with Crippen molar-refractivity contribution in [2.75, 3.05) is 33.2 Å². The zero-order valence-electron chi connectivity index (χ0n) is 13.8. The van der Waals surface area contributed by atoms with Gasteiger partial charge in [-0.1, -0.05) is 0 Å². The number of aryl methyl sites for hydroxylation is 1. The number of nitrogens with one attached hydrogen (secondary N) is 1. The van der Waals surface area contributed by atoms with Crippen LogP contribution < -0.4 is 4.72 Å². The fourth-order valence-electron chi connectivity index (χ4n) is 3.64. The second kappa shape index (κ2) is 6.42. The summed E-state index contributed by atoms with van der Waals surface area (Å²) >= 11 is 0. The summed E-state index contributed by atoms with van der Waals surface area (Å²) in [6, 6.07) is 3.85. The van der Waals surface area contributed by atoms with Crippen LogP contribution in [0.5, 0.6) is 0 Å². The summed E-state index contributed by atoms with van der Waals surface area (Å²) in [5.74, 6) is -0.230. The smallest absolute Gasteiger partial charge is 0.241 e. The van der Waals surface area contributed by atoms with E-state index in [0.717, 1.165) is 25.1 Å². The molecule has 6 nitrogen and oxygen atoms in total. The molecule has 0 radical (unpaired) electrons. The average Bonchev–Trinajstić information content (AvgIpc) is 3.07. The Morgan fingerprint density at radius 1 is 1.38 bits per heavy atom. The van der Waals surface area contributed by atoms with Crippen LogP contribution in [-0.4, -0.2) is 63.4 Å². The number of likely N-dealkylation sites (tertiary alicyclic amines) is 2. The summed E-state index contributed by atoms with van der Waals surface area (Å²) in [5, 5.41) is 0. The molecule has 2 aliphatic heterocycles. The third kappa shape index (κ3) is 3.31. The van der Waals surface area contributed by atoms with Gasteiger partial charge in [-0.2, -0.15) is 0 Å². The van der Waals surface area contributed by atoms with Gasteiger partial charge in [0.2, 0.25) is 15.9 Å². The predicted molar refractivity (Wildman–Crippen MR) is 87.4 cm³/mol. The van der Waals surface area contributed by atoms with Gasteiger partial charge in [-0.25, -0.2) is 17.5 Å². The number of rotatable bonds is 4. The number of fused-ring (bicyclic) bond motifs is 1. The van der Waals surface area contributed by atoms with Crippen molar-refractivity contribution in [2.24, 2.45) is 5.92 Å². The molecule has 24 heavy (non-hydrogen) atoms. The van der Waals surface area contributed by atoms with Crippen LogP contribution in [0.25, 0.3) is 0 Å². The molecule has 0 aromatic heterocycles. The number of halogens is 1. The molecule has 8 heteroatoms. The maximum atomic E-state index is 13.1. The Morgan fingerprint density at radius 2 is 2.12 bits per heavy atom. The van der Waals surface area contributed by atoms with Crippen molar-refractivity contribution in [3.05, 3.63) is 29.6 Å². The van der Waals surface area contributed by atoms with Gasteiger partial charge in [-0.05, 0) is 56.6 Å². The zero-order valence-corrected chi connectivity index (χ0v) is 14.6. The summed E-state index contributed by atoms with van der Waals surface area (Å²) in [7, 11) is -1.78. The number of amides is 1. The summed E-state index contributed by atoms with van der Waals surface area (Å²) in [5.41, 5.74) is 0.312. The van der Waals surface area contributed by atoms with Gasteiger partial charge in [0.15, 0.2) is 0 Å². The van der Waals surface area contributed by atoms with E-state index in [1.807, 2.05) is 0 Å². The van der Waals surface area contributed by atoms with Crippen molar-refractivity contribution in [1.29, 1.82) is 0 Å². The third-order valence-corrected chi connectivity index (χ3v) is 6.58. The monoisotopic (exact) mass is 355 g/mol. The molecule has 2 heterocycles. The van der Waals surface area contributed by atoms with Crippen molar-refractivity contribution < 1.29 is 17.6 Å². The first-order valence-electron chi connectivity index (χ1n) is 8.02. The first kappa shape index (κ1) is 17.3. The SMILES string of the molecule is Cc1cc(F)ccc1S(=O)(=O)NCC(=O)N1C[C@H]2CCN(C)[C@H]2C1. The maximum absolute atomic E-state index is 13.1. The molecule has 1 N–H and O–H groups in total. The van der Waals surface area contributed by atoms with Gasteiger partial charge in [-0.3, -0.25) is 4.79 Å². The fraction of sp³-hybridized carbons (Fsp3) is 0.562. The topological polar surface area (TPSA) is 69.7 Å². The minimum absolute atomic E-state index is 0.00488. The zero-order chi connectivity index (χ0) is 17.5. The van der Waals surface area contributed by atoms with Crippen molar-refractivity contribution in [3.63, 3.8) is 0 Å². The Kier molecular flexibility index (Phi) is 4.63. The van der Waals surface area contributed by atoms with E-state index in [1.54, 1.807) is 4.90 Å². The van der Waals surface area contributed by atoms with Gasteiger partial charge in [0.05, 0.1) is 11.4 Å². The van der Waals surface area contributed by atoms with Gasteiger partial charge in [0, 0.05) is 19.1 Å². The van der Waals surface area contributed by atoms with Crippen molar-refractivity contribution in [1.82, 2.24) is 14.5 Å². The highest BCUT2D eigenvalue weighted by molar-refractivity contribution is 7.89. The third-order valence-electron chi connectivity index (χ3n) is 5.02. The Labute approximate surface area is 141 Å². The standard InChI is InChI=1S/C16H22FN3O3S/c1-11-7-13(17)3-4-15(11)24(22,23)18-8-16(21)20-9-12-5-6-19(2)14(12)10-20/h3-4,7,12,14,18H,5-6,8-10H2,1-2H3/t12-,14+/m1/s1. The minimum atomic E-state index is -3.84. The predicted octanol–water partition coefficient (Wildman–Crippen LogP) is 0.575. The Hall–Kier alpha value is -1.51. The number of likely N-dealkylation sites (N-methyl/N-ethyl adjacent to an activating group) is 1. The summed E-state index contributed by atoms with van der Waals surface area (Å²) in [6.45, 7) is 3.63. The van der Waals surface area contributed by atoms with Gasteiger partial charge >= 0.3 is 0 Å². The molecule has 0 aliphatic carbocycles. The van der Waals surface area contributed by atoms with Crippen LogP contribution in [0.4, 0.5) is 4.39 Å². The molecule has 1 amide bonds. The highest BCUT2D eigenvalue weighted by atomic mass is 32.2. The van der Waals surface area contributed by atoms with Gasteiger partial charge in [-0.15, -0.1) is 0 Å². The van der Waals surface area contributed by atoms with Crippen LogP contribution in [0.1, 0.15) is 12.0 Å². The normalized spacial score (nSPS) is 24.4. The largest absolute Gasteiger partial charge is 0.340 e. The molecule has 2 fully saturated rings. The highest BCUT2D eigenvalue weighted by Gasteiger charge is 2.41. The lowest BCUT2D eigenvalue weighted by molar-refractivity contribution is -0.129. The number of carbonyl (C=O) groups is 1. The Morgan fingerprint density at radius 3 is 2.79 bits per heavy atom. The maximum Gasteiger partial charge on any atom is 0.241 e. The van der Waals surface area contributed by atoms with Crippen LogP contribution in [0.15, 0.2) is 23.1 Å². The van der Waals surface area contributed by atoms with E-state index in [1.165, 1.54) is 13.0 Å². The van der Waals surface area contributed by atoms with Crippen LogP contribution >= 0.6 is 0 Å². The van der Waals surface area contributed by atoms with Gasteiger partial charge in [0.1, 0.15) is 5.82 Å². The average molecular weight is 355 g/mol. The lowest BCUT2D eigenvalue weighted by atomic mass is 10.1. The summed E-state index contributed by atoms with van der Waals surface area (Å²) in [4.78, 5) is 16.3. The fourth-order valence-corrected chi connectivity index (χ4v) is 4.84. The molecule has 2 saturated heterocycles. The molecular formula is C16H22FN3O3S. The van der Waals surface area contributed by atoms with E-state index in [0.29, 0.717) is 30.6 Å². The van der Waals surface area contributed by atoms with Crippen LogP contribution in [0.3, 0.4) is 0 Å². The molecule has 1 aromatic carbocycles. The van der Waals surface area contributed by atoms with Crippen LogP contribution in [-0.2, 0) is 14.8 Å². The Balaban J connectivity index is 1.62. The van der Waals surface area contributed by atoms with Crippen LogP contribution in [0, 0.1) is 18.7 Å². The second-order valence-electron chi connectivity index (χ2n) is 6.63. The minimum Gasteiger partial charge on any atom is -0.340 e. The first-order valence-corrected chi connectivity index (χ1v) is 9.50. The van der Waals surface area contributed by atoms with E-state index in [4.69, 9.17) is 0 Å². The molecule has 1 aromatic rings. The molecule has 132 valence electrons. The van der Waals surface area contributed by atoms with Crippen molar-refractivity contribution in [2.45, 2.75) is 24.3 Å².